The Kier molecular flexibility index (Phi) is 5.42. The van der Waals surface area contributed by atoms with Crippen LogP contribution in [0.2, 0.25) is 0 Å². The summed E-state index contributed by atoms with van der Waals surface area (Å²) in [6, 6.07) is 0. The van der Waals surface area contributed by atoms with Crippen LogP contribution in [0, 0.1) is 6.92 Å². The molecular weight excluding hydrogens is 224 g/mol. The minimum atomic E-state index is -0.159. The normalized spacial score (nSPS) is 10.8. The fourth-order valence-electron chi connectivity index (χ4n) is 1.37. The molecule has 0 fully saturated rings. The first-order chi connectivity index (χ1) is 7.65. The van der Waals surface area contributed by atoms with Gasteiger partial charge in [-0.2, -0.15) is 0 Å². The van der Waals surface area contributed by atoms with Crippen molar-refractivity contribution >= 4 is 17.3 Å². The predicted octanol–water partition coefficient (Wildman–Crippen LogP) is 1.84. The Morgan fingerprint density at radius 3 is 2.88 bits per heavy atom. The molecule has 0 unspecified atom stereocenters. The Balaban J connectivity index is 2.40. The molecule has 1 rings (SSSR count). The highest BCUT2D eigenvalue weighted by atomic mass is 32.1. The molecule has 16 heavy (non-hydrogen) atoms. The molecule has 0 aliphatic heterocycles. The van der Waals surface area contributed by atoms with E-state index in [1.165, 1.54) is 7.11 Å². The van der Waals surface area contributed by atoms with Gasteiger partial charge in [0.05, 0.1) is 20.1 Å². The minimum Gasteiger partial charge on any atom is -0.469 e. The molecule has 4 nitrogen and oxygen atoms in total. The van der Waals surface area contributed by atoms with E-state index in [1.807, 2.05) is 12.3 Å². The summed E-state index contributed by atoms with van der Waals surface area (Å²) in [5, 5.41) is 3.15. The Morgan fingerprint density at radius 1 is 1.62 bits per heavy atom. The van der Waals surface area contributed by atoms with E-state index >= 15 is 0 Å². The highest BCUT2D eigenvalue weighted by Crippen LogP contribution is 2.11. The lowest BCUT2D eigenvalue weighted by Gasteiger charge is -2.17. The van der Waals surface area contributed by atoms with Crippen LogP contribution in [-0.4, -0.2) is 36.1 Å². The Hall–Kier alpha value is -0.940. The molecular formula is C11H18N2O2S. The first-order valence-corrected chi connectivity index (χ1v) is 6.23. The van der Waals surface area contributed by atoms with Gasteiger partial charge in [0.25, 0.3) is 0 Å². The number of rotatable bonds is 6. The highest BCUT2D eigenvalue weighted by molar-refractivity contribution is 7.09. The van der Waals surface area contributed by atoms with Gasteiger partial charge in [0.15, 0.2) is 0 Å². The van der Waals surface area contributed by atoms with Crippen molar-refractivity contribution in [1.82, 2.24) is 9.88 Å². The molecule has 90 valence electrons. The number of aryl methyl sites for hydroxylation is 1. The zero-order valence-electron chi connectivity index (χ0n) is 10.0. The highest BCUT2D eigenvalue weighted by Gasteiger charge is 2.09. The van der Waals surface area contributed by atoms with Gasteiger partial charge in [0, 0.05) is 17.6 Å². The monoisotopic (exact) mass is 242 g/mol. The molecule has 0 aromatic carbocycles. The maximum absolute atomic E-state index is 11.0. The van der Waals surface area contributed by atoms with Crippen molar-refractivity contribution in [3.05, 3.63) is 16.1 Å². The quantitative estimate of drug-likeness (QED) is 0.714. The smallest absolute Gasteiger partial charge is 0.306 e. The first kappa shape index (κ1) is 13.1. The van der Waals surface area contributed by atoms with Crippen molar-refractivity contribution in [1.29, 1.82) is 0 Å². The number of hydrogen-bond acceptors (Lipinski definition) is 5. The average Bonchev–Trinajstić information content (AvgIpc) is 2.69. The molecule has 5 heteroatoms. The molecule has 0 saturated heterocycles. The van der Waals surface area contributed by atoms with E-state index in [2.05, 4.69) is 21.5 Å². The van der Waals surface area contributed by atoms with Gasteiger partial charge in [-0.25, -0.2) is 4.98 Å². The van der Waals surface area contributed by atoms with Crippen molar-refractivity contribution in [3.8, 4) is 0 Å². The summed E-state index contributed by atoms with van der Waals surface area (Å²) in [4.78, 5) is 17.6. The van der Waals surface area contributed by atoms with Gasteiger partial charge in [0.2, 0.25) is 0 Å². The zero-order chi connectivity index (χ0) is 12.0. The molecule has 1 aromatic rings. The predicted molar refractivity (Wildman–Crippen MR) is 64.4 cm³/mol. The van der Waals surface area contributed by atoms with E-state index in [4.69, 9.17) is 0 Å². The Labute approximate surface area is 100 Å². The van der Waals surface area contributed by atoms with E-state index < -0.39 is 0 Å². The Bertz CT molecular complexity index is 338. The van der Waals surface area contributed by atoms with Crippen LogP contribution in [0.25, 0.3) is 0 Å². The molecule has 0 N–H and O–H groups in total. The third-order valence-electron chi connectivity index (χ3n) is 2.33. The molecule has 0 aliphatic carbocycles. The summed E-state index contributed by atoms with van der Waals surface area (Å²) in [5.74, 6) is -0.159. The molecule has 0 radical (unpaired) electrons. The summed E-state index contributed by atoms with van der Waals surface area (Å²) < 4.78 is 4.62. The SMILES string of the molecule is CCN(CCC(=O)OC)Cc1nc(C)cs1. The number of methoxy groups -OCH3 is 1. The number of nitrogens with zero attached hydrogens (tertiary/aromatic N) is 2. The minimum absolute atomic E-state index is 0.159. The largest absolute Gasteiger partial charge is 0.469 e. The molecule has 0 aliphatic rings. The zero-order valence-corrected chi connectivity index (χ0v) is 10.8. The third kappa shape index (κ3) is 4.28. The van der Waals surface area contributed by atoms with Gasteiger partial charge in [-0.05, 0) is 13.5 Å². The maximum Gasteiger partial charge on any atom is 0.306 e. The van der Waals surface area contributed by atoms with Crippen LogP contribution in [0.5, 0.6) is 0 Å². The van der Waals surface area contributed by atoms with Crippen LogP contribution in [0.15, 0.2) is 5.38 Å². The van der Waals surface area contributed by atoms with E-state index in [9.17, 15) is 4.79 Å². The van der Waals surface area contributed by atoms with Crippen molar-refractivity contribution in [2.75, 3.05) is 20.2 Å². The Morgan fingerprint density at radius 2 is 2.38 bits per heavy atom. The maximum atomic E-state index is 11.0. The number of carbonyl (C=O) groups is 1. The van der Waals surface area contributed by atoms with Crippen molar-refractivity contribution < 1.29 is 9.53 Å². The average molecular weight is 242 g/mol. The van der Waals surface area contributed by atoms with Crippen LogP contribution in [-0.2, 0) is 16.1 Å². The number of esters is 1. The van der Waals surface area contributed by atoms with Crippen LogP contribution in [0.1, 0.15) is 24.0 Å². The second kappa shape index (κ2) is 6.60. The van der Waals surface area contributed by atoms with Gasteiger partial charge < -0.3 is 4.74 Å². The number of aromatic nitrogens is 1. The van der Waals surface area contributed by atoms with E-state index in [-0.39, 0.29) is 5.97 Å². The molecule has 0 saturated carbocycles. The lowest BCUT2D eigenvalue weighted by molar-refractivity contribution is -0.141. The topological polar surface area (TPSA) is 42.4 Å². The van der Waals surface area contributed by atoms with Crippen molar-refractivity contribution in [3.63, 3.8) is 0 Å². The van der Waals surface area contributed by atoms with Gasteiger partial charge in [-0.15, -0.1) is 11.3 Å². The van der Waals surface area contributed by atoms with Crippen LogP contribution in [0.3, 0.4) is 0 Å². The number of hydrogen-bond donors (Lipinski definition) is 0. The summed E-state index contributed by atoms with van der Waals surface area (Å²) in [6.07, 6.45) is 0.439. The van der Waals surface area contributed by atoms with E-state index in [0.29, 0.717) is 6.42 Å². The second-order valence-corrected chi connectivity index (χ2v) is 4.52. The molecule has 1 aromatic heterocycles. The number of thiazole rings is 1. The summed E-state index contributed by atoms with van der Waals surface area (Å²) in [5.41, 5.74) is 1.06. The summed E-state index contributed by atoms with van der Waals surface area (Å²) >= 11 is 1.66. The van der Waals surface area contributed by atoms with E-state index in [0.717, 1.165) is 30.3 Å². The number of carbonyl (C=O) groups excluding carboxylic acids is 1. The first-order valence-electron chi connectivity index (χ1n) is 5.36. The number of ether oxygens (including phenoxy) is 1. The lowest BCUT2D eigenvalue weighted by Crippen LogP contribution is -2.26. The van der Waals surface area contributed by atoms with Gasteiger partial charge in [0.1, 0.15) is 5.01 Å². The third-order valence-corrected chi connectivity index (χ3v) is 3.28. The molecule has 0 bridgehead atoms. The lowest BCUT2D eigenvalue weighted by atomic mass is 10.3. The fraction of sp³-hybridized carbons (Fsp3) is 0.636. The van der Waals surface area contributed by atoms with Crippen LogP contribution < -0.4 is 0 Å². The van der Waals surface area contributed by atoms with Crippen molar-refractivity contribution in [2.45, 2.75) is 26.8 Å². The van der Waals surface area contributed by atoms with Gasteiger partial charge in [-0.1, -0.05) is 6.92 Å². The molecule has 1 heterocycles. The summed E-state index contributed by atoms with van der Waals surface area (Å²) in [7, 11) is 1.42. The van der Waals surface area contributed by atoms with Crippen LogP contribution >= 0.6 is 11.3 Å². The van der Waals surface area contributed by atoms with Crippen molar-refractivity contribution in [2.24, 2.45) is 0 Å². The molecule has 0 amide bonds. The van der Waals surface area contributed by atoms with Gasteiger partial charge in [-0.3, -0.25) is 9.69 Å². The summed E-state index contributed by atoms with van der Waals surface area (Å²) in [6.45, 7) is 6.52. The standard InChI is InChI=1S/C11H18N2O2S/c1-4-13(6-5-11(14)15-3)7-10-12-9(2)8-16-10/h8H,4-7H2,1-3H3. The van der Waals surface area contributed by atoms with Gasteiger partial charge >= 0.3 is 5.97 Å². The second-order valence-electron chi connectivity index (χ2n) is 3.58. The molecule has 0 spiro atoms. The van der Waals surface area contributed by atoms with E-state index in [1.54, 1.807) is 11.3 Å². The fourth-order valence-corrected chi connectivity index (χ4v) is 2.18. The van der Waals surface area contributed by atoms with Crippen LogP contribution in [0.4, 0.5) is 0 Å². The molecule has 0 atom stereocenters.